The third-order valence-electron chi connectivity index (χ3n) is 3.37. The molecule has 0 bridgehead atoms. The van der Waals surface area contributed by atoms with Gasteiger partial charge in [-0.15, -0.1) is 0 Å². The van der Waals surface area contributed by atoms with Gasteiger partial charge in [0.2, 0.25) is 0 Å². The van der Waals surface area contributed by atoms with Crippen LogP contribution < -0.4 is 10.1 Å². The predicted octanol–water partition coefficient (Wildman–Crippen LogP) is 4.56. The number of carbonyl (C=O) groups excluding carboxylic acids is 1. The Balaban J connectivity index is 1.60. The van der Waals surface area contributed by atoms with Gasteiger partial charge < -0.3 is 14.5 Å². The first-order valence-corrected chi connectivity index (χ1v) is 7.45. The lowest BCUT2D eigenvalue weighted by atomic mass is 10.2. The van der Waals surface area contributed by atoms with Gasteiger partial charge in [0.15, 0.2) is 5.76 Å². The molecule has 0 unspecified atom stereocenters. The van der Waals surface area contributed by atoms with Crippen molar-refractivity contribution in [2.24, 2.45) is 0 Å². The topological polar surface area (TPSA) is 51.5 Å². The molecule has 4 nitrogen and oxygen atoms in total. The monoisotopic (exact) mass is 325 g/mol. The fourth-order valence-corrected chi connectivity index (χ4v) is 2.13. The molecular formula is C19H16FNO3. The van der Waals surface area contributed by atoms with E-state index in [-0.39, 0.29) is 12.4 Å². The van der Waals surface area contributed by atoms with Crippen molar-refractivity contribution in [3.8, 4) is 5.75 Å². The molecule has 0 spiro atoms. The molecule has 1 heterocycles. The predicted molar refractivity (Wildman–Crippen MR) is 88.6 cm³/mol. The molecular weight excluding hydrogens is 309 g/mol. The van der Waals surface area contributed by atoms with Crippen LogP contribution in [0.15, 0.2) is 65.1 Å². The Morgan fingerprint density at radius 3 is 2.67 bits per heavy atom. The standard InChI is InChI=1S/C19H16FNO3/c1-13-5-7-16(8-6-13)23-12-17-9-10-18(24-17)19(22)21-15-4-2-3-14(20)11-15/h2-11H,12H2,1H3,(H,21,22). The van der Waals surface area contributed by atoms with Crippen LogP contribution in [0.25, 0.3) is 0 Å². The first kappa shape index (κ1) is 15.8. The van der Waals surface area contributed by atoms with E-state index < -0.39 is 11.7 Å². The molecule has 1 N–H and O–H groups in total. The second-order valence-corrected chi connectivity index (χ2v) is 5.33. The number of hydrogen-bond acceptors (Lipinski definition) is 3. The molecule has 1 amide bonds. The van der Waals surface area contributed by atoms with Gasteiger partial charge in [0.25, 0.3) is 5.91 Å². The van der Waals surface area contributed by atoms with E-state index in [0.717, 1.165) is 11.3 Å². The zero-order valence-electron chi connectivity index (χ0n) is 13.1. The molecule has 3 aromatic rings. The third kappa shape index (κ3) is 4.01. The summed E-state index contributed by atoms with van der Waals surface area (Å²) >= 11 is 0. The van der Waals surface area contributed by atoms with Crippen molar-refractivity contribution in [3.05, 3.63) is 83.6 Å². The van der Waals surface area contributed by atoms with Crippen LogP contribution in [0, 0.1) is 12.7 Å². The molecule has 1 aromatic heterocycles. The maximum Gasteiger partial charge on any atom is 0.291 e. The number of nitrogens with one attached hydrogen (secondary N) is 1. The van der Waals surface area contributed by atoms with Crippen molar-refractivity contribution in [1.29, 1.82) is 0 Å². The molecule has 0 atom stereocenters. The maximum absolute atomic E-state index is 13.1. The van der Waals surface area contributed by atoms with Crippen LogP contribution in [0.4, 0.5) is 10.1 Å². The molecule has 2 aromatic carbocycles. The number of benzene rings is 2. The van der Waals surface area contributed by atoms with Crippen molar-refractivity contribution in [2.75, 3.05) is 5.32 Å². The Kier molecular flexibility index (Phi) is 4.61. The van der Waals surface area contributed by atoms with Crippen LogP contribution in [-0.4, -0.2) is 5.91 Å². The first-order chi connectivity index (χ1) is 11.6. The fourth-order valence-electron chi connectivity index (χ4n) is 2.13. The smallest absolute Gasteiger partial charge is 0.291 e. The number of furan rings is 1. The normalized spacial score (nSPS) is 10.4. The number of halogens is 1. The quantitative estimate of drug-likeness (QED) is 0.748. The van der Waals surface area contributed by atoms with Crippen LogP contribution in [0.1, 0.15) is 21.9 Å². The fraction of sp³-hybridized carbons (Fsp3) is 0.105. The van der Waals surface area contributed by atoms with Crippen LogP contribution in [0.3, 0.4) is 0 Å². The number of anilines is 1. The number of amides is 1. The van der Waals surface area contributed by atoms with E-state index >= 15 is 0 Å². The average molecular weight is 325 g/mol. The summed E-state index contributed by atoms with van der Waals surface area (Å²) in [6.07, 6.45) is 0. The van der Waals surface area contributed by atoms with Gasteiger partial charge in [-0.3, -0.25) is 4.79 Å². The Morgan fingerprint density at radius 2 is 1.92 bits per heavy atom. The van der Waals surface area contributed by atoms with Crippen molar-refractivity contribution in [3.63, 3.8) is 0 Å². The van der Waals surface area contributed by atoms with Gasteiger partial charge in [-0.25, -0.2) is 4.39 Å². The Labute approximate surface area is 138 Å². The lowest BCUT2D eigenvalue weighted by Crippen LogP contribution is -2.10. The van der Waals surface area contributed by atoms with E-state index in [1.54, 1.807) is 18.2 Å². The molecule has 0 radical (unpaired) electrons. The summed E-state index contributed by atoms with van der Waals surface area (Å²) in [5, 5.41) is 2.58. The van der Waals surface area contributed by atoms with Crippen molar-refractivity contribution in [2.45, 2.75) is 13.5 Å². The molecule has 0 saturated carbocycles. The molecule has 0 fully saturated rings. The van der Waals surface area contributed by atoms with E-state index in [1.807, 2.05) is 31.2 Å². The zero-order chi connectivity index (χ0) is 16.9. The minimum absolute atomic E-state index is 0.141. The lowest BCUT2D eigenvalue weighted by Gasteiger charge is -2.05. The van der Waals surface area contributed by atoms with E-state index in [2.05, 4.69) is 5.32 Å². The summed E-state index contributed by atoms with van der Waals surface area (Å²) in [5.41, 5.74) is 1.52. The third-order valence-corrected chi connectivity index (χ3v) is 3.37. The minimum Gasteiger partial charge on any atom is -0.486 e. The first-order valence-electron chi connectivity index (χ1n) is 7.45. The number of carbonyl (C=O) groups is 1. The van der Waals surface area contributed by atoms with E-state index in [9.17, 15) is 9.18 Å². The molecule has 0 aliphatic carbocycles. The van der Waals surface area contributed by atoms with Crippen molar-refractivity contribution >= 4 is 11.6 Å². The van der Waals surface area contributed by atoms with Gasteiger partial charge in [-0.1, -0.05) is 23.8 Å². The maximum atomic E-state index is 13.1. The number of aryl methyl sites for hydroxylation is 1. The minimum atomic E-state index is -0.442. The molecule has 24 heavy (non-hydrogen) atoms. The van der Waals surface area contributed by atoms with Crippen LogP contribution in [-0.2, 0) is 6.61 Å². The van der Waals surface area contributed by atoms with E-state index in [1.165, 1.54) is 18.2 Å². The van der Waals surface area contributed by atoms with Gasteiger partial charge >= 0.3 is 0 Å². The summed E-state index contributed by atoms with van der Waals surface area (Å²) in [5.74, 6) is 0.533. The molecule has 0 aliphatic heterocycles. The van der Waals surface area contributed by atoms with Gasteiger partial charge in [0.05, 0.1) is 0 Å². The van der Waals surface area contributed by atoms with Crippen LogP contribution in [0.5, 0.6) is 5.75 Å². The summed E-state index contributed by atoms with van der Waals surface area (Å²) in [6, 6.07) is 16.6. The number of rotatable bonds is 5. The number of hydrogen-bond donors (Lipinski definition) is 1. The highest BCUT2D eigenvalue weighted by Gasteiger charge is 2.12. The Morgan fingerprint density at radius 1 is 1.12 bits per heavy atom. The second-order valence-electron chi connectivity index (χ2n) is 5.33. The summed E-state index contributed by atoms with van der Waals surface area (Å²) in [4.78, 5) is 12.1. The highest BCUT2D eigenvalue weighted by molar-refractivity contribution is 6.02. The SMILES string of the molecule is Cc1ccc(OCc2ccc(C(=O)Nc3cccc(F)c3)o2)cc1. The van der Waals surface area contributed by atoms with Gasteiger partial charge in [0.1, 0.15) is 23.9 Å². The second kappa shape index (κ2) is 7.00. The molecule has 0 aliphatic rings. The molecule has 0 saturated heterocycles. The van der Waals surface area contributed by atoms with Gasteiger partial charge in [-0.2, -0.15) is 0 Å². The van der Waals surface area contributed by atoms with E-state index in [0.29, 0.717) is 11.4 Å². The van der Waals surface area contributed by atoms with Gasteiger partial charge in [0, 0.05) is 5.69 Å². The van der Waals surface area contributed by atoms with Gasteiger partial charge in [-0.05, 0) is 49.4 Å². The molecule has 5 heteroatoms. The van der Waals surface area contributed by atoms with Crippen LogP contribution in [0.2, 0.25) is 0 Å². The summed E-state index contributed by atoms with van der Waals surface area (Å²) < 4.78 is 24.2. The summed E-state index contributed by atoms with van der Waals surface area (Å²) in [7, 11) is 0. The highest BCUT2D eigenvalue weighted by Crippen LogP contribution is 2.16. The zero-order valence-corrected chi connectivity index (χ0v) is 13.1. The largest absolute Gasteiger partial charge is 0.486 e. The Hall–Kier alpha value is -3.08. The van der Waals surface area contributed by atoms with E-state index in [4.69, 9.17) is 9.15 Å². The van der Waals surface area contributed by atoms with Crippen LogP contribution >= 0.6 is 0 Å². The molecule has 3 rings (SSSR count). The molecule has 122 valence electrons. The van der Waals surface area contributed by atoms with Crippen molar-refractivity contribution < 1.29 is 18.3 Å². The lowest BCUT2D eigenvalue weighted by molar-refractivity contribution is 0.0992. The number of ether oxygens (including phenoxy) is 1. The highest BCUT2D eigenvalue weighted by atomic mass is 19.1. The Bertz CT molecular complexity index is 840. The average Bonchev–Trinajstić information content (AvgIpc) is 3.03. The van der Waals surface area contributed by atoms with Crippen molar-refractivity contribution in [1.82, 2.24) is 0 Å². The summed E-state index contributed by atoms with van der Waals surface area (Å²) in [6.45, 7) is 2.22.